The zero-order chi connectivity index (χ0) is 19.5. The predicted molar refractivity (Wildman–Crippen MR) is 110 cm³/mol. The van der Waals surface area contributed by atoms with Crippen LogP contribution in [0.25, 0.3) is 0 Å². The fraction of sp³-hybridized carbons (Fsp3) is 0.130. The summed E-state index contributed by atoms with van der Waals surface area (Å²) in [4.78, 5) is 0. The van der Waals surface area contributed by atoms with Crippen LogP contribution in [0.15, 0.2) is 93.4 Å². The molecular weight excluding hydrogens is 336 g/mol. The summed E-state index contributed by atoms with van der Waals surface area (Å²) in [6.07, 6.45) is 18.5. The molecular formula is C23H20N2O2. The number of hydrogen-bond donors (Lipinski definition) is 2. The Morgan fingerprint density at radius 3 is 1.56 bits per heavy atom. The van der Waals surface area contributed by atoms with E-state index >= 15 is 0 Å². The van der Waals surface area contributed by atoms with Crippen molar-refractivity contribution in [2.75, 3.05) is 0 Å². The first kappa shape index (κ1) is 19.6. The zero-order valence-electron chi connectivity index (χ0n) is 15.3. The third-order valence-corrected chi connectivity index (χ3v) is 3.74. The summed E-state index contributed by atoms with van der Waals surface area (Å²) in [7, 11) is 0. The van der Waals surface area contributed by atoms with Crippen molar-refractivity contribution in [1.29, 1.82) is 0 Å². The third kappa shape index (κ3) is 6.23. The van der Waals surface area contributed by atoms with Crippen LogP contribution < -0.4 is 0 Å². The van der Waals surface area contributed by atoms with Gasteiger partial charge in [-0.25, -0.2) is 0 Å². The maximum Gasteiger partial charge on any atom is 0.106 e. The average Bonchev–Trinajstić information content (AvgIpc) is 2.91. The molecule has 0 unspecified atom stereocenters. The molecule has 4 nitrogen and oxygen atoms in total. The first-order valence-corrected chi connectivity index (χ1v) is 8.37. The minimum absolute atomic E-state index is 0.422. The molecule has 0 saturated heterocycles. The Balaban J connectivity index is 2.52. The van der Waals surface area contributed by atoms with E-state index in [0.29, 0.717) is 17.8 Å². The molecule has 27 heavy (non-hydrogen) atoms. The fourth-order valence-electron chi connectivity index (χ4n) is 2.34. The summed E-state index contributed by atoms with van der Waals surface area (Å²) in [6.45, 7) is 3.76. The van der Waals surface area contributed by atoms with Crippen molar-refractivity contribution < 1.29 is 10.4 Å². The lowest BCUT2D eigenvalue weighted by Gasteiger charge is -2.08. The molecule has 2 N–H and O–H groups in total. The van der Waals surface area contributed by atoms with E-state index in [4.69, 9.17) is 0 Å². The third-order valence-electron chi connectivity index (χ3n) is 3.74. The van der Waals surface area contributed by atoms with Gasteiger partial charge < -0.3 is 10.4 Å². The van der Waals surface area contributed by atoms with Gasteiger partial charge in [0.25, 0.3) is 0 Å². The molecule has 0 fully saturated rings. The van der Waals surface area contributed by atoms with Crippen LogP contribution in [0, 0.1) is 23.7 Å². The van der Waals surface area contributed by atoms with Gasteiger partial charge in [0.1, 0.15) is 11.4 Å². The normalized spacial score (nSPS) is 26.4. The van der Waals surface area contributed by atoms with Crippen LogP contribution in [-0.4, -0.2) is 21.8 Å². The summed E-state index contributed by atoms with van der Waals surface area (Å²) >= 11 is 0. The second-order valence-electron chi connectivity index (χ2n) is 5.83. The van der Waals surface area contributed by atoms with Gasteiger partial charge in [0.2, 0.25) is 0 Å². The molecule has 0 radical (unpaired) electrons. The van der Waals surface area contributed by atoms with Crippen LogP contribution in [0.3, 0.4) is 0 Å². The van der Waals surface area contributed by atoms with E-state index in [-0.39, 0.29) is 0 Å². The van der Waals surface area contributed by atoms with E-state index in [1.807, 2.05) is 50.3 Å². The lowest BCUT2D eigenvalue weighted by atomic mass is 9.97. The number of oxime groups is 2. The number of nitrogens with zero attached hydrogens (tertiary/aromatic N) is 2. The molecule has 0 aromatic carbocycles. The Bertz CT molecular complexity index is 906. The Hall–Kier alpha value is -3.76. The van der Waals surface area contributed by atoms with Crippen LogP contribution in [0.1, 0.15) is 20.3 Å². The van der Waals surface area contributed by atoms with Crippen LogP contribution >= 0.6 is 0 Å². The van der Waals surface area contributed by atoms with Gasteiger partial charge in [0.15, 0.2) is 0 Å². The molecule has 0 aromatic rings. The Morgan fingerprint density at radius 1 is 0.704 bits per heavy atom. The van der Waals surface area contributed by atoms with Gasteiger partial charge in [-0.1, -0.05) is 70.8 Å². The van der Waals surface area contributed by atoms with E-state index in [1.54, 1.807) is 24.3 Å². The standard InChI is InChI=1S/C23H20N2O2/c1-18-9-3-4-10-19(2)12-8-16-23(25-27)21-14-6-5-13-20(17-21)22(24-26)15-7-11-18/h5-8,11-16,26-27H,17H2,1-2H3/b15-7-,16-8-,18-11-,19-12-,24-22+,25-23+. The lowest BCUT2D eigenvalue weighted by Crippen LogP contribution is -2.06. The predicted octanol–water partition coefficient (Wildman–Crippen LogP) is 4.48. The topological polar surface area (TPSA) is 65.2 Å². The van der Waals surface area contributed by atoms with Gasteiger partial charge >= 0.3 is 0 Å². The molecule has 0 amide bonds. The molecule has 0 spiro atoms. The van der Waals surface area contributed by atoms with Crippen molar-refractivity contribution in [1.82, 2.24) is 0 Å². The minimum Gasteiger partial charge on any atom is -0.410 e. The van der Waals surface area contributed by atoms with E-state index in [2.05, 4.69) is 34.0 Å². The van der Waals surface area contributed by atoms with E-state index in [1.165, 1.54) is 0 Å². The quantitative estimate of drug-likeness (QED) is 0.382. The molecule has 0 aliphatic heterocycles. The fourth-order valence-corrected chi connectivity index (χ4v) is 2.34. The van der Waals surface area contributed by atoms with Crippen molar-refractivity contribution in [3.8, 4) is 23.7 Å². The van der Waals surface area contributed by atoms with Crippen LogP contribution in [0.2, 0.25) is 0 Å². The average molecular weight is 356 g/mol. The highest BCUT2D eigenvalue weighted by Crippen LogP contribution is 2.19. The molecule has 2 aliphatic rings. The molecule has 2 bridgehead atoms. The Labute approximate surface area is 159 Å². The van der Waals surface area contributed by atoms with E-state index in [9.17, 15) is 10.4 Å². The molecule has 2 aliphatic carbocycles. The summed E-state index contributed by atoms with van der Waals surface area (Å²) in [6, 6.07) is 0. The highest BCUT2D eigenvalue weighted by Gasteiger charge is 2.12. The number of hydrogen-bond acceptors (Lipinski definition) is 4. The summed E-state index contributed by atoms with van der Waals surface area (Å²) in [5.74, 6) is 11.5. The molecule has 134 valence electrons. The van der Waals surface area contributed by atoms with Crippen LogP contribution in [0.4, 0.5) is 0 Å². The first-order chi connectivity index (χ1) is 13.1. The van der Waals surface area contributed by atoms with Crippen molar-refractivity contribution >= 4 is 11.4 Å². The number of fused-ring (bicyclic) bond motifs is 2. The monoisotopic (exact) mass is 356 g/mol. The molecule has 2 rings (SSSR count). The van der Waals surface area contributed by atoms with E-state index in [0.717, 1.165) is 22.3 Å². The van der Waals surface area contributed by atoms with Crippen molar-refractivity contribution in [2.24, 2.45) is 10.3 Å². The largest absolute Gasteiger partial charge is 0.410 e. The minimum atomic E-state index is 0.422. The van der Waals surface area contributed by atoms with Gasteiger partial charge in [0, 0.05) is 6.42 Å². The Kier molecular flexibility index (Phi) is 7.45. The molecule has 0 saturated carbocycles. The molecule has 0 atom stereocenters. The van der Waals surface area contributed by atoms with Crippen LogP contribution in [0.5, 0.6) is 0 Å². The molecule has 4 heteroatoms. The van der Waals surface area contributed by atoms with Crippen molar-refractivity contribution in [2.45, 2.75) is 20.3 Å². The SMILES string of the molecule is C/C1=C/C=C\C(=N/O)C2=CC=CC=C(C2)C(=N/O)/C=C\C=C(\C)C#CC#C1. The van der Waals surface area contributed by atoms with E-state index < -0.39 is 0 Å². The second-order valence-corrected chi connectivity index (χ2v) is 5.83. The number of allylic oxidation sites excluding steroid dienone is 14. The summed E-state index contributed by atoms with van der Waals surface area (Å²) in [5, 5.41) is 25.6. The highest BCUT2D eigenvalue weighted by atomic mass is 16.4. The van der Waals surface area contributed by atoms with Crippen LogP contribution in [-0.2, 0) is 0 Å². The van der Waals surface area contributed by atoms with Gasteiger partial charge in [0.05, 0.1) is 0 Å². The smallest absolute Gasteiger partial charge is 0.106 e. The van der Waals surface area contributed by atoms with Gasteiger partial charge in [-0.3, -0.25) is 0 Å². The zero-order valence-corrected chi connectivity index (χ0v) is 15.3. The maximum atomic E-state index is 9.42. The lowest BCUT2D eigenvalue weighted by molar-refractivity contribution is 0.319. The second kappa shape index (κ2) is 10.3. The number of rotatable bonds is 0. The maximum absolute atomic E-state index is 9.42. The summed E-state index contributed by atoms with van der Waals surface area (Å²) < 4.78 is 0. The first-order valence-electron chi connectivity index (χ1n) is 8.37. The van der Waals surface area contributed by atoms with Gasteiger partial charge in [-0.2, -0.15) is 0 Å². The molecule has 0 heterocycles. The Morgan fingerprint density at radius 2 is 1.15 bits per heavy atom. The highest BCUT2D eigenvalue weighted by molar-refractivity contribution is 6.13. The summed E-state index contributed by atoms with van der Waals surface area (Å²) in [5.41, 5.74) is 4.11. The van der Waals surface area contributed by atoms with Gasteiger partial charge in [-0.05, 0) is 60.1 Å². The van der Waals surface area contributed by atoms with Crippen molar-refractivity contribution in [3.05, 3.63) is 83.1 Å². The van der Waals surface area contributed by atoms with Crippen molar-refractivity contribution in [3.63, 3.8) is 0 Å². The van der Waals surface area contributed by atoms with Gasteiger partial charge in [-0.15, -0.1) is 0 Å². The molecule has 0 aromatic heterocycles.